The Hall–Kier alpha value is -3.04. The first-order valence-corrected chi connectivity index (χ1v) is 11.2. The lowest BCUT2D eigenvalue weighted by Crippen LogP contribution is -2.47. The van der Waals surface area contributed by atoms with Crippen LogP contribution in [0.25, 0.3) is 0 Å². The van der Waals surface area contributed by atoms with Crippen molar-refractivity contribution < 1.29 is 35.9 Å². The molecule has 1 aliphatic carbocycles. The minimum absolute atomic E-state index is 0.0130. The van der Waals surface area contributed by atoms with Crippen molar-refractivity contribution in [1.29, 1.82) is 0 Å². The molecule has 1 aliphatic heterocycles. The maximum Gasteiger partial charge on any atom is 0.416 e. The minimum atomic E-state index is -5.03. The van der Waals surface area contributed by atoms with Crippen LogP contribution in [0.1, 0.15) is 47.9 Å². The van der Waals surface area contributed by atoms with E-state index in [-0.39, 0.29) is 30.9 Å². The van der Waals surface area contributed by atoms with E-state index in [0.29, 0.717) is 30.7 Å². The maximum atomic E-state index is 13.5. The number of amides is 2. The van der Waals surface area contributed by atoms with Crippen LogP contribution in [0.4, 0.5) is 37.7 Å². The zero-order chi connectivity index (χ0) is 25.8. The fourth-order valence-corrected chi connectivity index (χ4v) is 5.08. The number of rotatable bonds is 4. The fourth-order valence-electron chi connectivity index (χ4n) is 5.08. The Morgan fingerprint density at radius 3 is 1.97 bits per heavy atom. The summed E-state index contributed by atoms with van der Waals surface area (Å²) in [7, 11) is 0. The van der Waals surface area contributed by atoms with Crippen molar-refractivity contribution in [2.24, 2.45) is 11.3 Å². The molecule has 1 atom stereocenters. The normalized spacial score (nSPS) is 21.3. The van der Waals surface area contributed by atoms with Crippen LogP contribution in [0.3, 0.4) is 0 Å². The second-order valence-corrected chi connectivity index (χ2v) is 9.43. The van der Waals surface area contributed by atoms with Crippen molar-refractivity contribution in [3.63, 3.8) is 0 Å². The highest BCUT2D eigenvalue weighted by atomic mass is 19.4. The molecule has 4 rings (SSSR count). The molecule has 1 N–H and O–H groups in total. The van der Waals surface area contributed by atoms with Crippen molar-refractivity contribution in [2.75, 3.05) is 16.8 Å². The number of hydrogen-bond donors (Lipinski definition) is 1. The van der Waals surface area contributed by atoms with Gasteiger partial charge in [0.25, 0.3) is 0 Å². The van der Waals surface area contributed by atoms with Crippen LogP contribution >= 0.6 is 0 Å². The molecule has 2 aliphatic rings. The summed E-state index contributed by atoms with van der Waals surface area (Å²) in [6.07, 6.45) is -8.10. The smallest absolute Gasteiger partial charge is 0.326 e. The molecule has 0 bridgehead atoms. The number of alkyl halides is 6. The van der Waals surface area contributed by atoms with Crippen molar-refractivity contribution in [3.8, 4) is 0 Å². The van der Waals surface area contributed by atoms with E-state index in [1.54, 1.807) is 0 Å². The highest BCUT2D eigenvalue weighted by Gasteiger charge is 2.55. The summed E-state index contributed by atoms with van der Waals surface area (Å²) in [4.78, 5) is 28.2. The maximum absolute atomic E-state index is 13.5. The van der Waals surface area contributed by atoms with E-state index in [1.807, 2.05) is 32.0 Å². The molecule has 2 amide bonds. The number of nitrogens with one attached hydrogen (secondary N) is 1. The van der Waals surface area contributed by atoms with Crippen LogP contribution in [0.5, 0.6) is 0 Å². The Kier molecular flexibility index (Phi) is 6.13. The van der Waals surface area contributed by atoms with E-state index in [0.717, 1.165) is 17.5 Å². The Balaban J connectivity index is 1.71. The number of hydrogen-bond acceptors (Lipinski definition) is 2. The zero-order valence-electron chi connectivity index (χ0n) is 19.1. The molecule has 1 saturated heterocycles. The Labute approximate surface area is 198 Å². The predicted molar refractivity (Wildman–Crippen MR) is 118 cm³/mol. The second kappa shape index (κ2) is 8.57. The SMILES string of the molecule is Cc1cccc(C)c1N1CC(C(=O)Nc2cc(C(F)(F)F)cc(C(F)(F)F)c2)(C2CCC2)CC1=O. The van der Waals surface area contributed by atoms with Crippen molar-refractivity contribution >= 4 is 23.2 Å². The van der Waals surface area contributed by atoms with E-state index in [2.05, 4.69) is 5.32 Å². The molecule has 0 aromatic heterocycles. The molecule has 1 saturated carbocycles. The molecule has 35 heavy (non-hydrogen) atoms. The molecule has 2 aromatic carbocycles. The molecule has 4 nitrogen and oxygen atoms in total. The van der Waals surface area contributed by atoms with Gasteiger partial charge in [0.2, 0.25) is 11.8 Å². The average Bonchev–Trinajstić information content (AvgIpc) is 3.02. The standard InChI is InChI=1S/C25H24F6N2O2/c1-14-5-3-6-15(2)21(14)33-13-23(12-20(33)34,16-7-4-8-16)22(35)32-19-10-17(24(26,27)28)9-18(11-19)25(29,30)31/h3,5-6,9-11,16H,4,7-8,12-13H2,1-2H3,(H,32,35). The monoisotopic (exact) mass is 498 g/mol. The van der Waals surface area contributed by atoms with Gasteiger partial charge in [0.1, 0.15) is 0 Å². The van der Waals surface area contributed by atoms with E-state index in [4.69, 9.17) is 0 Å². The molecule has 1 heterocycles. The number of halogens is 6. The number of carbonyl (C=O) groups excluding carboxylic acids is 2. The summed E-state index contributed by atoms with van der Waals surface area (Å²) >= 11 is 0. The number of para-hydroxylation sites is 1. The summed E-state index contributed by atoms with van der Waals surface area (Å²) in [6.45, 7) is 3.68. The zero-order valence-corrected chi connectivity index (χ0v) is 19.1. The summed E-state index contributed by atoms with van der Waals surface area (Å²) in [6, 6.07) is 6.50. The summed E-state index contributed by atoms with van der Waals surface area (Å²) in [5.41, 5.74) is -2.55. The Morgan fingerprint density at radius 2 is 1.51 bits per heavy atom. The van der Waals surface area contributed by atoms with Gasteiger partial charge in [-0.3, -0.25) is 9.59 Å². The van der Waals surface area contributed by atoms with Gasteiger partial charge in [-0.25, -0.2) is 0 Å². The van der Waals surface area contributed by atoms with Crippen molar-refractivity contribution in [2.45, 2.75) is 51.9 Å². The number of anilines is 2. The molecule has 2 fully saturated rings. The number of aryl methyl sites for hydroxylation is 2. The van der Waals surface area contributed by atoms with Crippen LogP contribution in [0.2, 0.25) is 0 Å². The van der Waals surface area contributed by atoms with Crippen LogP contribution < -0.4 is 10.2 Å². The van der Waals surface area contributed by atoms with Gasteiger partial charge in [-0.1, -0.05) is 24.6 Å². The van der Waals surface area contributed by atoms with Gasteiger partial charge < -0.3 is 10.2 Å². The minimum Gasteiger partial charge on any atom is -0.326 e. The van der Waals surface area contributed by atoms with Gasteiger partial charge in [-0.15, -0.1) is 0 Å². The van der Waals surface area contributed by atoms with Crippen LogP contribution in [0.15, 0.2) is 36.4 Å². The third kappa shape index (κ3) is 4.62. The van der Waals surface area contributed by atoms with E-state index < -0.39 is 40.5 Å². The summed E-state index contributed by atoms with van der Waals surface area (Å²) in [5.74, 6) is -1.24. The molecule has 0 radical (unpaired) electrons. The van der Waals surface area contributed by atoms with Gasteiger partial charge in [-0.05, 0) is 61.9 Å². The fraction of sp³-hybridized carbons (Fsp3) is 0.440. The molecule has 188 valence electrons. The van der Waals surface area contributed by atoms with Gasteiger partial charge in [-0.2, -0.15) is 26.3 Å². The molecule has 2 aromatic rings. The highest BCUT2D eigenvalue weighted by molar-refractivity contribution is 6.06. The van der Waals surface area contributed by atoms with Crippen LogP contribution in [0, 0.1) is 25.2 Å². The lowest BCUT2D eigenvalue weighted by atomic mass is 9.64. The number of benzene rings is 2. The van der Waals surface area contributed by atoms with E-state index in [1.165, 1.54) is 4.90 Å². The quantitative estimate of drug-likeness (QED) is 0.489. The summed E-state index contributed by atoms with van der Waals surface area (Å²) in [5, 5.41) is 2.30. The second-order valence-electron chi connectivity index (χ2n) is 9.43. The lowest BCUT2D eigenvalue weighted by Gasteiger charge is -2.41. The van der Waals surface area contributed by atoms with E-state index in [9.17, 15) is 35.9 Å². The molecular formula is C25H24F6N2O2. The summed E-state index contributed by atoms with van der Waals surface area (Å²) < 4.78 is 79.7. The number of nitrogens with zero attached hydrogens (tertiary/aromatic N) is 1. The first-order chi connectivity index (χ1) is 16.2. The van der Waals surface area contributed by atoms with E-state index >= 15 is 0 Å². The molecule has 10 heteroatoms. The first kappa shape index (κ1) is 25.1. The Bertz CT molecular complexity index is 1120. The number of carbonyl (C=O) groups is 2. The van der Waals surface area contributed by atoms with Gasteiger partial charge in [0, 0.05) is 24.3 Å². The third-order valence-corrected chi connectivity index (χ3v) is 7.10. The lowest BCUT2D eigenvalue weighted by molar-refractivity contribution is -0.143. The first-order valence-electron chi connectivity index (χ1n) is 11.2. The van der Waals surface area contributed by atoms with Gasteiger partial charge in [0.05, 0.1) is 16.5 Å². The molecule has 1 unspecified atom stereocenters. The Morgan fingerprint density at radius 1 is 0.971 bits per heavy atom. The highest BCUT2D eigenvalue weighted by Crippen LogP contribution is 2.50. The predicted octanol–water partition coefficient (Wildman–Crippen LogP) is 6.50. The van der Waals surface area contributed by atoms with Gasteiger partial charge in [0.15, 0.2) is 0 Å². The van der Waals surface area contributed by atoms with Crippen molar-refractivity contribution in [3.05, 3.63) is 58.7 Å². The molecule has 0 spiro atoms. The molecular weight excluding hydrogens is 474 g/mol. The topological polar surface area (TPSA) is 49.4 Å². The van der Waals surface area contributed by atoms with Crippen molar-refractivity contribution in [1.82, 2.24) is 0 Å². The van der Waals surface area contributed by atoms with Gasteiger partial charge >= 0.3 is 12.4 Å². The third-order valence-electron chi connectivity index (χ3n) is 7.10. The van der Waals surface area contributed by atoms with Crippen LogP contribution in [-0.2, 0) is 21.9 Å². The largest absolute Gasteiger partial charge is 0.416 e. The van der Waals surface area contributed by atoms with Crippen LogP contribution in [-0.4, -0.2) is 18.4 Å². The average molecular weight is 498 g/mol.